The first-order valence-corrected chi connectivity index (χ1v) is 10.6. The fourth-order valence-corrected chi connectivity index (χ4v) is 3.92. The maximum atomic E-state index is 13.8. The number of benzene rings is 2. The van der Waals surface area contributed by atoms with Gasteiger partial charge >= 0.3 is 0 Å². The van der Waals surface area contributed by atoms with Crippen molar-refractivity contribution in [2.75, 3.05) is 0 Å². The van der Waals surface area contributed by atoms with Crippen LogP contribution in [0.2, 0.25) is 0 Å². The summed E-state index contributed by atoms with van der Waals surface area (Å²) in [7, 11) is 0. The van der Waals surface area contributed by atoms with Crippen molar-refractivity contribution in [3.8, 4) is 5.69 Å². The van der Waals surface area contributed by atoms with Crippen molar-refractivity contribution in [2.45, 2.75) is 58.4 Å². The molecule has 1 N–H and O–H groups in total. The van der Waals surface area contributed by atoms with Gasteiger partial charge in [-0.2, -0.15) is 5.10 Å². The van der Waals surface area contributed by atoms with Crippen LogP contribution >= 0.6 is 0 Å². The predicted octanol–water partition coefficient (Wildman–Crippen LogP) is 4.80. The highest BCUT2D eigenvalue weighted by atomic mass is 19.2. The molecular formula is C25H27F2N3O. The maximum absolute atomic E-state index is 13.8. The Balaban J connectivity index is 1.52. The fourth-order valence-electron chi connectivity index (χ4n) is 3.92. The van der Waals surface area contributed by atoms with E-state index in [-0.39, 0.29) is 17.9 Å². The van der Waals surface area contributed by atoms with E-state index in [1.54, 1.807) is 4.68 Å². The smallest absolute Gasteiger partial charge is 0.224 e. The van der Waals surface area contributed by atoms with Gasteiger partial charge in [0.25, 0.3) is 0 Å². The minimum Gasteiger partial charge on any atom is -0.350 e. The Morgan fingerprint density at radius 2 is 1.81 bits per heavy atom. The molecule has 0 saturated carbocycles. The van der Waals surface area contributed by atoms with Crippen LogP contribution in [0.1, 0.15) is 55.3 Å². The molecule has 2 aromatic carbocycles. The average Bonchev–Trinajstić information content (AvgIpc) is 3.35. The second kappa shape index (κ2) is 8.25. The second-order valence-corrected chi connectivity index (χ2v) is 9.19. The number of carbonyl (C=O) groups excluding carboxylic acids is 1. The van der Waals surface area contributed by atoms with E-state index in [9.17, 15) is 13.6 Å². The van der Waals surface area contributed by atoms with Crippen LogP contribution in [0.25, 0.3) is 5.69 Å². The number of nitrogens with one attached hydrogen (secondary N) is 1. The van der Waals surface area contributed by atoms with Gasteiger partial charge in [0.1, 0.15) is 0 Å². The molecule has 162 valence electrons. The van der Waals surface area contributed by atoms with Gasteiger partial charge < -0.3 is 5.32 Å². The number of halogens is 2. The summed E-state index contributed by atoms with van der Waals surface area (Å²) < 4.78 is 28.8. The summed E-state index contributed by atoms with van der Waals surface area (Å²) in [5, 5.41) is 7.55. The Morgan fingerprint density at radius 3 is 2.55 bits per heavy atom. The topological polar surface area (TPSA) is 46.9 Å². The molecule has 0 unspecified atom stereocenters. The van der Waals surface area contributed by atoms with Crippen molar-refractivity contribution < 1.29 is 13.6 Å². The summed E-state index contributed by atoms with van der Waals surface area (Å²) in [6.07, 6.45) is 3.67. The molecule has 1 amide bonds. The van der Waals surface area contributed by atoms with Gasteiger partial charge in [-0.25, -0.2) is 13.5 Å². The first-order valence-electron chi connectivity index (χ1n) is 10.6. The zero-order valence-corrected chi connectivity index (χ0v) is 18.1. The lowest BCUT2D eigenvalue weighted by atomic mass is 9.92. The maximum Gasteiger partial charge on any atom is 0.224 e. The molecule has 0 atom stereocenters. The molecule has 6 heteroatoms. The minimum absolute atomic E-state index is 0.0895. The van der Waals surface area contributed by atoms with Gasteiger partial charge in [0.2, 0.25) is 5.91 Å². The molecule has 31 heavy (non-hydrogen) atoms. The minimum atomic E-state index is -0.933. The molecule has 4 nitrogen and oxygen atoms in total. The molecular weight excluding hydrogens is 396 g/mol. The van der Waals surface area contributed by atoms with Crippen LogP contribution in [-0.4, -0.2) is 15.7 Å². The highest BCUT2D eigenvalue weighted by Crippen LogP contribution is 2.25. The lowest BCUT2D eigenvalue weighted by Gasteiger charge is -2.14. The standard InChI is InChI=1S/C25H27F2N3O/c1-25(2,3)23-14-20(30(29-23)19-9-10-21(26)22(27)13-19)15-28-24(31)12-16-7-8-17-5-4-6-18(17)11-16/h7-11,13-14H,4-6,12,15H2,1-3H3,(H,28,31). The molecule has 1 aromatic heterocycles. The number of carbonyl (C=O) groups is 1. The number of aromatic nitrogens is 2. The van der Waals surface area contributed by atoms with Gasteiger partial charge in [-0.15, -0.1) is 0 Å². The van der Waals surface area contributed by atoms with Crippen LogP contribution < -0.4 is 5.32 Å². The van der Waals surface area contributed by atoms with Crippen LogP contribution in [0, 0.1) is 11.6 Å². The zero-order valence-electron chi connectivity index (χ0n) is 18.1. The number of amides is 1. The first kappa shape index (κ1) is 21.2. The highest BCUT2D eigenvalue weighted by Gasteiger charge is 2.21. The van der Waals surface area contributed by atoms with Crippen LogP contribution in [-0.2, 0) is 36.0 Å². The number of nitrogens with zero attached hydrogens (tertiary/aromatic N) is 2. The molecule has 0 radical (unpaired) electrons. The molecule has 0 bridgehead atoms. The first-order chi connectivity index (χ1) is 14.7. The quantitative estimate of drug-likeness (QED) is 0.641. The molecule has 0 saturated heterocycles. The molecule has 0 aliphatic heterocycles. The summed E-state index contributed by atoms with van der Waals surface area (Å²) in [5.41, 5.74) is 5.43. The van der Waals surface area contributed by atoms with E-state index in [0.29, 0.717) is 17.8 Å². The largest absolute Gasteiger partial charge is 0.350 e. The lowest BCUT2D eigenvalue weighted by molar-refractivity contribution is -0.120. The van der Waals surface area contributed by atoms with Crippen molar-refractivity contribution in [3.63, 3.8) is 0 Å². The number of aryl methyl sites for hydroxylation is 2. The van der Waals surface area contributed by atoms with E-state index in [1.807, 2.05) is 32.9 Å². The summed E-state index contributed by atoms with van der Waals surface area (Å²) >= 11 is 0. The zero-order chi connectivity index (χ0) is 22.2. The van der Waals surface area contributed by atoms with Gasteiger partial charge in [-0.1, -0.05) is 39.0 Å². The Hall–Kier alpha value is -3.02. The third kappa shape index (κ3) is 4.68. The van der Waals surface area contributed by atoms with Crippen molar-refractivity contribution in [1.29, 1.82) is 0 Å². The summed E-state index contributed by atoms with van der Waals surface area (Å²) in [4.78, 5) is 12.6. The van der Waals surface area contributed by atoms with Crippen LogP contribution in [0.5, 0.6) is 0 Å². The molecule has 1 aliphatic carbocycles. The van der Waals surface area contributed by atoms with E-state index in [4.69, 9.17) is 0 Å². The van der Waals surface area contributed by atoms with Crippen molar-refractivity contribution in [2.24, 2.45) is 0 Å². The Kier molecular flexibility index (Phi) is 5.65. The van der Waals surface area contributed by atoms with Gasteiger partial charge in [0.15, 0.2) is 11.6 Å². The Bertz CT molecular complexity index is 1130. The number of hydrogen-bond donors (Lipinski definition) is 1. The fraction of sp³-hybridized carbons (Fsp3) is 0.360. The molecule has 0 fully saturated rings. The lowest BCUT2D eigenvalue weighted by Crippen LogP contribution is -2.25. The van der Waals surface area contributed by atoms with Crippen LogP contribution in [0.4, 0.5) is 8.78 Å². The number of rotatable bonds is 5. The van der Waals surface area contributed by atoms with E-state index in [2.05, 4.69) is 22.5 Å². The second-order valence-electron chi connectivity index (χ2n) is 9.19. The molecule has 0 spiro atoms. The molecule has 3 aromatic rings. The van der Waals surface area contributed by atoms with E-state index >= 15 is 0 Å². The van der Waals surface area contributed by atoms with Gasteiger partial charge in [0, 0.05) is 11.5 Å². The van der Waals surface area contributed by atoms with Crippen LogP contribution in [0.15, 0.2) is 42.5 Å². The predicted molar refractivity (Wildman–Crippen MR) is 116 cm³/mol. The van der Waals surface area contributed by atoms with Crippen molar-refractivity contribution in [1.82, 2.24) is 15.1 Å². The van der Waals surface area contributed by atoms with Gasteiger partial charge in [-0.3, -0.25) is 4.79 Å². The van der Waals surface area contributed by atoms with Gasteiger partial charge in [-0.05, 0) is 54.2 Å². The summed E-state index contributed by atoms with van der Waals surface area (Å²) in [6.45, 7) is 6.33. The van der Waals surface area contributed by atoms with Crippen LogP contribution in [0.3, 0.4) is 0 Å². The third-order valence-electron chi connectivity index (χ3n) is 5.69. The normalized spacial score (nSPS) is 13.3. The number of hydrogen-bond acceptors (Lipinski definition) is 2. The summed E-state index contributed by atoms with van der Waals surface area (Å²) in [6, 6.07) is 11.9. The monoisotopic (exact) mass is 423 g/mol. The van der Waals surface area contributed by atoms with Gasteiger partial charge in [0.05, 0.1) is 30.0 Å². The molecule has 4 rings (SSSR count). The Morgan fingerprint density at radius 1 is 1.03 bits per heavy atom. The molecule has 1 heterocycles. The van der Waals surface area contributed by atoms with Crippen molar-refractivity contribution >= 4 is 5.91 Å². The highest BCUT2D eigenvalue weighted by molar-refractivity contribution is 5.78. The third-order valence-corrected chi connectivity index (χ3v) is 5.69. The summed E-state index contributed by atoms with van der Waals surface area (Å²) in [5.74, 6) is -1.93. The van der Waals surface area contributed by atoms with E-state index < -0.39 is 11.6 Å². The SMILES string of the molecule is CC(C)(C)c1cc(CNC(=O)Cc2ccc3c(c2)CCC3)n(-c2ccc(F)c(F)c2)n1. The van der Waals surface area contributed by atoms with E-state index in [0.717, 1.165) is 36.2 Å². The van der Waals surface area contributed by atoms with E-state index in [1.165, 1.54) is 23.6 Å². The number of fused-ring (bicyclic) bond motifs is 1. The Labute approximate surface area is 181 Å². The molecule has 1 aliphatic rings. The van der Waals surface area contributed by atoms with Crippen molar-refractivity contribution in [3.05, 3.63) is 82.2 Å². The average molecular weight is 424 g/mol.